The van der Waals surface area contributed by atoms with Crippen LogP contribution in [0.2, 0.25) is 0 Å². The highest BCUT2D eigenvalue weighted by atomic mass is 19.1. The Morgan fingerprint density at radius 1 is 1.12 bits per heavy atom. The lowest BCUT2D eigenvalue weighted by molar-refractivity contribution is -0.121. The van der Waals surface area contributed by atoms with E-state index >= 15 is 0 Å². The summed E-state index contributed by atoms with van der Waals surface area (Å²) in [6.45, 7) is 5.82. The van der Waals surface area contributed by atoms with Crippen molar-refractivity contribution in [3.63, 3.8) is 0 Å². The number of hydrogen-bond acceptors (Lipinski definition) is 4. The number of nitrogens with one attached hydrogen (secondary N) is 1. The van der Waals surface area contributed by atoms with E-state index in [1.165, 1.54) is 34.4 Å². The molecule has 0 spiro atoms. The number of rotatable bonds is 8. The second-order valence-electron chi connectivity index (χ2n) is 8.04. The van der Waals surface area contributed by atoms with E-state index in [0.29, 0.717) is 29.3 Å². The van der Waals surface area contributed by atoms with Gasteiger partial charge in [-0.25, -0.2) is 9.37 Å². The number of carbonyl (C=O) groups is 1. The number of aromatic nitrogens is 2. The summed E-state index contributed by atoms with van der Waals surface area (Å²) in [5.74, 6) is -0.0373. The molecule has 0 atom stereocenters. The Labute approximate surface area is 186 Å². The third kappa shape index (κ3) is 5.48. The van der Waals surface area contributed by atoms with E-state index in [9.17, 15) is 19.1 Å². The maximum absolute atomic E-state index is 13.4. The van der Waals surface area contributed by atoms with Gasteiger partial charge in [0.25, 0.3) is 5.56 Å². The molecule has 1 heterocycles. The molecule has 0 radical (unpaired) electrons. The average Bonchev–Trinajstić information content (AvgIpc) is 2.78. The molecule has 1 aromatic heterocycles. The van der Waals surface area contributed by atoms with Crippen LogP contribution in [-0.4, -0.2) is 27.2 Å². The van der Waals surface area contributed by atoms with Crippen LogP contribution in [-0.2, 0) is 24.3 Å². The van der Waals surface area contributed by atoms with Crippen LogP contribution in [0.4, 0.5) is 4.39 Å². The highest BCUT2D eigenvalue weighted by molar-refractivity contribution is 5.76. The number of aliphatic hydroxyl groups is 1. The molecule has 3 rings (SSSR count). The Bertz CT molecular complexity index is 1140. The van der Waals surface area contributed by atoms with Crippen LogP contribution in [0.15, 0.2) is 53.3 Å². The van der Waals surface area contributed by atoms with Gasteiger partial charge in [0.05, 0.1) is 0 Å². The number of aliphatic hydroxyl groups excluding tert-OH is 1. The molecule has 1 amide bonds. The molecule has 6 nitrogen and oxygen atoms in total. The molecular weight excluding hydrogens is 409 g/mol. The molecular formula is C25H28FN3O3. The van der Waals surface area contributed by atoms with Gasteiger partial charge < -0.3 is 10.4 Å². The molecule has 168 valence electrons. The summed E-state index contributed by atoms with van der Waals surface area (Å²) in [6, 6.07) is 13.6. The fourth-order valence-corrected chi connectivity index (χ4v) is 3.49. The van der Waals surface area contributed by atoms with Crippen molar-refractivity contribution in [1.29, 1.82) is 0 Å². The summed E-state index contributed by atoms with van der Waals surface area (Å²) in [5, 5.41) is 12.2. The van der Waals surface area contributed by atoms with E-state index in [1.54, 1.807) is 6.92 Å². The highest BCUT2D eigenvalue weighted by Crippen LogP contribution is 2.18. The average molecular weight is 438 g/mol. The predicted octanol–water partition coefficient (Wildman–Crippen LogP) is 3.33. The van der Waals surface area contributed by atoms with E-state index in [-0.39, 0.29) is 36.9 Å². The molecule has 3 aromatic rings. The number of halogens is 1. The maximum Gasteiger partial charge on any atom is 0.257 e. The van der Waals surface area contributed by atoms with E-state index < -0.39 is 5.82 Å². The zero-order valence-electron chi connectivity index (χ0n) is 18.6. The van der Waals surface area contributed by atoms with Crippen LogP contribution < -0.4 is 10.9 Å². The molecule has 0 unspecified atom stereocenters. The van der Waals surface area contributed by atoms with Crippen molar-refractivity contribution in [3.05, 3.63) is 87.1 Å². The molecule has 0 fully saturated rings. The third-order valence-corrected chi connectivity index (χ3v) is 5.37. The largest absolute Gasteiger partial charge is 0.396 e. The van der Waals surface area contributed by atoms with Crippen LogP contribution in [0.1, 0.15) is 42.1 Å². The number of benzene rings is 2. The number of nitrogens with zero attached hydrogens (tertiary/aromatic N) is 2. The van der Waals surface area contributed by atoms with E-state index in [4.69, 9.17) is 0 Å². The minimum atomic E-state index is -0.405. The van der Waals surface area contributed by atoms with Gasteiger partial charge in [-0.05, 0) is 48.2 Å². The number of amides is 1. The van der Waals surface area contributed by atoms with Crippen molar-refractivity contribution in [2.24, 2.45) is 0 Å². The van der Waals surface area contributed by atoms with E-state index in [1.807, 2.05) is 24.3 Å². The molecule has 7 heteroatoms. The Morgan fingerprint density at radius 3 is 2.38 bits per heavy atom. The van der Waals surface area contributed by atoms with Crippen molar-refractivity contribution in [1.82, 2.24) is 14.9 Å². The molecule has 0 aliphatic rings. The van der Waals surface area contributed by atoms with E-state index in [2.05, 4.69) is 24.1 Å². The zero-order valence-corrected chi connectivity index (χ0v) is 18.6. The van der Waals surface area contributed by atoms with Gasteiger partial charge in [0.15, 0.2) is 0 Å². The summed E-state index contributed by atoms with van der Waals surface area (Å²) in [4.78, 5) is 30.3. The molecule has 2 aromatic carbocycles. The Hall–Kier alpha value is -3.32. The van der Waals surface area contributed by atoms with E-state index in [0.717, 1.165) is 5.56 Å². The quantitative estimate of drug-likeness (QED) is 0.566. The summed E-state index contributed by atoms with van der Waals surface area (Å²) >= 11 is 0. The molecule has 0 bridgehead atoms. The lowest BCUT2D eigenvalue weighted by Gasteiger charge is -2.16. The molecule has 32 heavy (non-hydrogen) atoms. The summed E-state index contributed by atoms with van der Waals surface area (Å²) in [5.41, 5.74) is 3.15. The maximum atomic E-state index is 13.4. The molecule has 0 saturated heterocycles. The Morgan fingerprint density at radius 2 is 1.78 bits per heavy atom. The van der Waals surface area contributed by atoms with Crippen LogP contribution in [0.5, 0.6) is 0 Å². The van der Waals surface area contributed by atoms with Crippen molar-refractivity contribution in [3.8, 4) is 11.4 Å². The summed E-state index contributed by atoms with van der Waals surface area (Å²) in [7, 11) is 0. The van der Waals surface area contributed by atoms with Crippen molar-refractivity contribution < 1.29 is 14.3 Å². The van der Waals surface area contributed by atoms with Crippen LogP contribution in [0.25, 0.3) is 11.4 Å². The lowest BCUT2D eigenvalue weighted by atomic mass is 10.0. The smallest absolute Gasteiger partial charge is 0.257 e. The van der Waals surface area contributed by atoms with Crippen LogP contribution in [0.3, 0.4) is 0 Å². The van der Waals surface area contributed by atoms with Crippen LogP contribution >= 0.6 is 0 Å². The van der Waals surface area contributed by atoms with Gasteiger partial charge in [0.2, 0.25) is 5.91 Å². The third-order valence-electron chi connectivity index (χ3n) is 5.37. The first-order valence-corrected chi connectivity index (χ1v) is 10.6. The van der Waals surface area contributed by atoms with Gasteiger partial charge in [-0.2, -0.15) is 0 Å². The topological polar surface area (TPSA) is 84.2 Å². The molecule has 2 N–H and O–H groups in total. The molecule has 0 aliphatic heterocycles. The van der Waals surface area contributed by atoms with Crippen molar-refractivity contribution in [2.45, 2.75) is 46.2 Å². The first kappa shape index (κ1) is 23.3. The fourth-order valence-electron chi connectivity index (χ4n) is 3.49. The highest BCUT2D eigenvalue weighted by Gasteiger charge is 2.17. The predicted molar refractivity (Wildman–Crippen MR) is 122 cm³/mol. The summed E-state index contributed by atoms with van der Waals surface area (Å²) in [6.07, 6.45) is 0.144. The normalized spacial score (nSPS) is 11.1. The minimum Gasteiger partial charge on any atom is -0.396 e. The Balaban J connectivity index is 1.86. The fraction of sp³-hybridized carbons (Fsp3) is 0.320. The lowest BCUT2D eigenvalue weighted by Crippen LogP contribution is -2.35. The molecule has 0 aliphatic carbocycles. The second-order valence-corrected chi connectivity index (χ2v) is 8.04. The van der Waals surface area contributed by atoms with Gasteiger partial charge in [-0.15, -0.1) is 0 Å². The van der Waals surface area contributed by atoms with Gasteiger partial charge in [0, 0.05) is 36.4 Å². The van der Waals surface area contributed by atoms with Gasteiger partial charge >= 0.3 is 0 Å². The first-order valence-electron chi connectivity index (χ1n) is 10.6. The molecule has 0 saturated carbocycles. The summed E-state index contributed by atoms with van der Waals surface area (Å²) < 4.78 is 14.7. The monoisotopic (exact) mass is 437 g/mol. The van der Waals surface area contributed by atoms with Crippen molar-refractivity contribution in [2.75, 3.05) is 6.61 Å². The number of aryl methyl sites for hydroxylation is 1. The minimum absolute atomic E-state index is 0.144. The number of hydrogen-bond donors (Lipinski definition) is 2. The van der Waals surface area contributed by atoms with Gasteiger partial charge in [0.1, 0.15) is 18.2 Å². The second kappa shape index (κ2) is 10.3. The van der Waals surface area contributed by atoms with Gasteiger partial charge in [-0.3, -0.25) is 14.2 Å². The Kier molecular flexibility index (Phi) is 7.53. The first-order chi connectivity index (χ1) is 15.3. The van der Waals surface area contributed by atoms with Crippen LogP contribution in [0, 0.1) is 12.7 Å². The SMILES string of the molecule is Cc1nc(-c2ccc(F)cc2)n(CC(=O)NCc2ccc(C(C)C)cc2)c(=O)c1CCO. The number of carbonyl (C=O) groups excluding carboxylic acids is 1. The van der Waals surface area contributed by atoms with Crippen molar-refractivity contribution >= 4 is 5.91 Å². The zero-order chi connectivity index (χ0) is 23.3. The van der Waals surface area contributed by atoms with Gasteiger partial charge in [-0.1, -0.05) is 38.1 Å². The standard InChI is InChI=1S/C25H28FN3O3/c1-16(2)19-6-4-18(5-7-19)14-27-23(31)15-29-24(20-8-10-21(26)11-9-20)28-17(3)22(12-13-30)25(29)32/h4-11,16,30H,12-15H2,1-3H3,(H,27,31).